The predicted octanol–water partition coefficient (Wildman–Crippen LogP) is 4.32. The van der Waals surface area contributed by atoms with Crippen molar-refractivity contribution in [3.8, 4) is 5.75 Å². The molecule has 0 fully saturated rings. The van der Waals surface area contributed by atoms with E-state index >= 15 is 0 Å². The molecule has 0 radical (unpaired) electrons. The van der Waals surface area contributed by atoms with Gasteiger partial charge in [0.2, 0.25) is 6.10 Å². The van der Waals surface area contributed by atoms with Crippen LogP contribution < -0.4 is 4.74 Å². The molecule has 1 aliphatic rings. The highest BCUT2D eigenvalue weighted by Crippen LogP contribution is 2.35. The van der Waals surface area contributed by atoms with Crippen molar-refractivity contribution in [2.75, 3.05) is 0 Å². The SMILES string of the molecule is CC(C)(C)c1ccc2c(c1)C=CC(C(F)(F)F)O2. The highest BCUT2D eigenvalue weighted by atomic mass is 19.4. The molecular weight excluding hydrogens is 241 g/mol. The monoisotopic (exact) mass is 256 g/mol. The molecule has 1 nitrogen and oxygen atoms in total. The van der Waals surface area contributed by atoms with Gasteiger partial charge < -0.3 is 4.74 Å². The number of rotatable bonds is 0. The highest BCUT2D eigenvalue weighted by Gasteiger charge is 2.41. The van der Waals surface area contributed by atoms with Gasteiger partial charge in [0.05, 0.1) is 0 Å². The smallest absolute Gasteiger partial charge is 0.429 e. The number of fused-ring (bicyclic) bond motifs is 1. The third kappa shape index (κ3) is 2.52. The van der Waals surface area contributed by atoms with Gasteiger partial charge in [-0.1, -0.05) is 32.9 Å². The fourth-order valence-corrected chi connectivity index (χ4v) is 1.80. The molecule has 0 saturated carbocycles. The Morgan fingerprint density at radius 1 is 1.11 bits per heavy atom. The molecule has 1 atom stereocenters. The normalized spacial score (nSPS) is 19.3. The Morgan fingerprint density at radius 2 is 1.78 bits per heavy atom. The molecule has 0 spiro atoms. The molecule has 1 unspecified atom stereocenters. The molecule has 1 aromatic carbocycles. The van der Waals surface area contributed by atoms with E-state index < -0.39 is 12.3 Å². The van der Waals surface area contributed by atoms with E-state index in [1.807, 2.05) is 12.1 Å². The summed E-state index contributed by atoms with van der Waals surface area (Å²) in [5.74, 6) is 0.285. The number of ether oxygens (including phenoxy) is 1. The van der Waals surface area contributed by atoms with Crippen molar-refractivity contribution < 1.29 is 17.9 Å². The summed E-state index contributed by atoms with van der Waals surface area (Å²) >= 11 is 0. The molecule has 4 heteroatoms. The molecule has 1 aromatic rings. The number of alkyl halides is 3. The summed E-state index contributed by atoms with van der Waals surface area (Å²) in [4.78, 5) is 0. The minimum Gasteiger partial charge on any atom is -0.476 e. The minimum atomic E-state index is -4.36. The van der Waals surface area contributed by atoms with Gasteiger partial charge in [-0.15, -0.1) is 0 Å². The third-order valence-corrected chi connectivity index (χ3v) is 2.90. The number of benzene rings is 1. The third-order valence-electron chi connectivity index (χ3n) is 2.90. The Labute approximate surface area is 104 Å². The topological polar surface area (TPSA) is 9.23 Å². The molecule has 0 amide bonds. The van der Waals surface area contributed by atoms with E-state index in [-0.39, 0.29) is 11.2 Å². The maximum atomic E-state index is 12.5. The standard InChI is InChI=1S/C14H15F3O/c1-13(2,3)10-5-6-11-9(8-10)4-7-12(18-11)14(15,16)17/h4-8,12H,1-3H3. The Balaban J connectivity index is 2.33. The van der Waals surface area contributed by atoms with E-state index in [9.17, 15) is 13.2 Å². The van der Waals surface area contributed by atoms with E-state index in [4.69, 9.17) is 4.74 Å². The van der Waals surface area contributed by atoms with Crippen LogP contribution in [0.15, 0.2) is 24.3 Å². The van der Waals surface area contributed by atoms with Crippen LogP contribution in [0.5, 0.6) is 5.75 Å². The molecule has 0 aromatic heterocycles. The maximum Gasteiger partial charge on any atom is 0.429 e. The lowest BCUT2D eigenvalue weighted by atomic mass is 9.86. The highest BCUT2D eigenvalue weighted by molar-refractivity contribution is 5.61. The van der Waals surface area contributed by atoms with Gasteiger partial charge in [0.15, 0.2) is 0 Å². The fraction of sp³-hybridized carbons (Fsp3) is 0.429. The van der Waals surface area contributed by atoms with Crippen molar-refractivity contribution in [3.05, 3.63) is 35.4 Å². The molecular formula is C14H15F3O. The van der Waals surface area contributed by atoms with Gasteiger partial charge in [-0.2, -0.15) is 13.2 Å². The van der Waals surface area contributed by atoms with Crippen LogP contribution in [0.1, 0.15) is 31.9 Å². The second-order valence-corrected chi connectivity index (χ2v) is 5.44. The van der Waals surface area contributed by atoms with E-state index in [1.54, 1.807) is 6.07 Å². The van der Waals surface area contributed by atoms with Crippen molar-refractivity contribution in [1.82, 2.24) is 0 Å². The number of hydrogen-bond donors (Lipinski definition) is 0. The molecule has 1 heterocycles. The fourth-order valence-electron chi connectivity index (χ4n) is 1.80. The lowest BCUT2D eigenvalue weighted by Crippen LogP contribution is -2.33. The van der Waals surface area contributed by atoms with Crippen molar-refractivity contribution in [2.45, 2.75) is 38.5 Å². The number of halogens is 3. The molecule has 2 rings (SSSR count). The van der Waals surface area contributed by atoms with Crippen LogP contribution in [0.2, 0.25) is 0 Å². The van der Waals surface area contributed by atoms with Crippen LogP contribution in [-0.2, 0) is 5.41 Å². The summed E-state index contributed by atoms with van der Waals surface area (Å²) in [6.07, 6.45) is -3.68. The van der Waals surface area contributed by atoms with Gasteiger partial charge in [-0.25, -0.2) is 0 Å². The lowest BCUT2D eigenvalue weighted by molar-refractivity contribution is -0.180. The molecule has 0 aliphatic carbocycles. The van der Waals surface area contributed by atoms with Gasteiger partial charge in [0, 0.05) is 5.56 Å². The zero-order chi connectivity index (χ0) is 13.6. The predicted molar refractivity (Wildman–Crippen MR) is 64.6 cm³/mol. The molecule has 18 heavy (non-hydrogen) atoms. The lowest BCUT2D eigenvalue weighted by Gasteiger charge is -2.26. The summed E-state index contributed by atoms with van der Waals surface area (Å²) in [7, 11) is 0. The molecule has 0 bridgehead atoms. The van der Waals surface area contributed by atoms with E-state index in [0.29, 0.717) is 5.56 Å². The quantitative estimate of drug-likeness (QED) is 0.671. The Morgan fingerprint density at radius 3 is 2.33 bits per heavy atom. The zero-order valence-electron chi connectivity index (χ0n) is 10.5. The molecule has 98 valence electrons. The summed E-state index contributed by atoms with van der Waals surface area (Å²) in [6.45, 7) is 6.17. The maximum absolute atomic E-state index is 12.5. The largest absolute Gasteiger partial charge is 0.476 e. The van der Waals surface area contributed by atoms with Gasteiger partial charge in [0.25, 0.3) is 0 Å². The van der Waals surface area contributed by atoms with Gasteiger partial charge in [0.1, 0.15) is 5.75 Å². The Hall–Kier alpha value is -1.45. The van der Waals surface area contributed by atoms with Gasteiger partial charge >= 0.3 is 6.18 Å². The van der Waals surface area contributed by atoms with Gasteiger partial charge in [-0.3, -0.25) is 0 Å². The first-order valence-electron chi connectivity index (χ1n) is 5.74. The van der Waals surface area contributed by atoms with Crippen molar-refractivity contribution in [3.63, 3.8) is 0 Å². The molecule has 0 saturated heterocycles. The Kier molecular flexibility index (Phi) is 2.92. The first kappa shape index (κ1) is 13.0. The second kappa shape index (κ2) is 4.04. The van der Waals surface area contributed by atoms with Crippen molar-refractivity contribution >= 4 is 6.08 Å². The minimum absolute atomic E-state index is 0.0380. The molecule has 1 aliphatic heterocycles. The zero-order valence-corrected chi connectivity index (χ0v) is 10.5. The van der Waals surface area contributed by atoms with Crippen LogP contribution in [0, 0.1) is 0 Å². The average Bonchev–Trinajstić information content (AvgIpc) is 2.25. The van der Waals surface area contributed by atoms with Crippen LogP contribution in [-0.4, -0.2) is 12.3 Å². The van der Waals surface area contributed by atoms with Crippen LogP contribution in [0.4, 0.5) is 13.2 Å². The van der Waals surface area contributed by atoms with Crippen molar-refractivity contribution in [2.24, 2.45) is 0 Å². The second-order valence-electron chi connectivity index (χ2n) is 5.44. The van der Waals surface area contributed by atoms with Crippen molar-refractivity contribution in [1.29, 1.82) is 0 Å². The van der Waals surface area contributed by atoms with E-state index in [0.717, 1.165) is 11.6 Å². The van der Waals surface area contributed by atoms with Crippen LogP contribution in [0.25, 0.3) is 6.08 Å². The van der Waals surface area contributed by atoms with Crippen LogP contribution in [0.3, 0.4) is 0 Å². The van der Waals surface area contributed by atoms with Crippen LogP contribution >= 0.6 is 0 Å². The first-order valence-corrected chi connectivity index (χ1v) is 5.74. The molecule has 0 N–H and O–H groups in total. The van der Waals surface area contributed by atoms with E-state index in [1.165, 1.54) is 6.08 Å². The van der Waals surface area contributed by atoms with E-state index in [2.05, 4.69) is 20.8 Å². The summed E-state index contributed by atoms with van der Waals surface area (Å²) in [6, 6.07) is 5.29. The Bertz CT molecular complexity index is 481. The summed E-state index contributed by atoms with van der Waals surface area (Å²) in [5, 5.41) is 0. The average molecular weight is 256 g/mol. The van der Waals surface area contributed by atoms with Gasteiger partial charge in [-0.05, 0) is 29.2 Å². The first-order chi connectivity index (χ1) is 8.18. The number of hydrogen-bond acceptors (Lipinski definition) is 1. The summed E-state index contributed by atoms with van der Waals surface area (Å²) < 4.78 is 42.5. The summed E-state index contributed by atoms with van der Waals surface area (Å²) in [5.41, 5.74) is 1.73.